The molecule has 1 atom stereocenters. The zero-order valence-corrected chi connectivity index (χ0v) is 10.8. The maximum atomic E-state index is 11.6. The van der Waals surface area contributed by atoms with Crippen LogP contribution in [0.15, 0.2) is 18.2 Å². The number of nitrogens with zero attached hydrogens (tertiary/aromatic N) is 1. The van der Waals surface area contributed by atoms with Crippen molar-refractivity contribution in [2.24, 2.45) is 0 Å². The minimum absolute atomic E-state index is 0.0995. The second-order valence-electron chi connectivity index (χ2n) is 4.48. The topological polar surface area (TPSA) is 67.6 Å². The van der Waals surface area contributed by atoms with Gasteiger partial charge in [0, 0.05) is 25.7 Å². The highest BCUT2D eigenvalue weighted by atomic mass is 16.5. The van der Waals surface area contributed by atoms with E-state index in [-0.39, 0.29) is 12.0 Å². The van der Waals surface area contributed by atoms with Crippen LogP contribution < -0.4 is 16.0 Å². The molecule has 1 unspecified atom stereocenters. The number of carbonyl (C=O) groups is 1. The van der Waals surface area contributed by atoms with Gasteiger partial charge in [0.15, 0.2) is 0 Å². The Bertz CT molecular complexity index is 448. The van der Waals surface area contributed by atoms with Crippen LogP contribution in [-0.2, 0) is 4.74 Å². The standard InChI is InChI=1S/C13H19N3O2/c1-9-8-16(5-6-18-9)12-7-10(13(17)15-2)3-4-11(12)14/h3-4,7,9H,5-6,8,14H2,1-2H3,(H,15,17). The summed E-state index contributed by atoms with van der Waals surface area (Å²) in [4.78, 5) is 13.8. The smallest absolute Gasteiger partial charge is 0.251 e. The first-order chi connectivity index (χ1) is 8.61. The molecule has 0 aliphatic carbocycles. The van der Waals surface area contributed by atoms with Crippen molar-refractivity contribution in [1.29, 1.82) is 0 Å². The van der Waals surface area contributed by atoms with Gasteiger partial charge < -0.3 is 20.7 Å². The van der Waals surface area contributed by atoms with E-state index in [0.29, 0.717) is 17.9 Å². The minimum Gasteiger partial charge on any atom is -0.397 e. The monoisotopic (exact) mass is 249 g/mol. The normalized spacial score (nSPS) is 19.7. The van der Waals surface area contributed by atoms with Gasteiger partial charge in [-0.1, -0.05) is 0 Å². The Balaban J connectivity index is 2.28. The number of benzene rings is 1. The van der Waals surface area contributed by atoms with Crippen molar-refractivity contribution >= 4 is 17.3 Å². The van der Waals surface area contributed by atoms with Gasteiger partial charge in [0.1, 0.15) is 0 Å². The van der Waals surface area contributed by atoms with Crippen molar-refractivity contribution in [3.63, 3.8) is 0 Å². The Morgan fingerprint density at radius 2 is 2.33 bits per heavy atom. The van der Waals surface area contributed by atoms with Crippen molar-refractivity contribution in [2.45, 2.75) is 13.0 Å². The van der Waals surface area contributed by atoms with E-state index in [1.807, 2.05) is 13.0 Å². The van der Waals surface area contributed by atoms with Crippen LogP contribution in [0.25, 0.3) is 0 Å². The molecule has 1 saturated heterocycles. The molecule has 0 saturated carbocycles. The summed E-state index contributed by atoms with van der Waals surface area (Å²) in [6.07, 6.45) is 0.182. The minimum atomic E-state index is -0.0995. The summed E-state index contributed by atoms with van der Waals surface area (Å²) in [5.41, 5.74) is 8.22. The van der Waals surface area contributed by atoms with E-state index in [9.17, 15) is 4.79 Å². The van der Waals surface area contributed by atoms with Crippen molar-refractivity contribution in [1.82, 2.24) is 5.32 Å². The quantitative estimate of drug-likeness (QED) is 0.763. The molecule has 0 radical (unpaired) electrons. The van der Waals surface area contributed by atoms with Gasteiger partial charge in [-0.15, -0.1) is 0 Å². The van der Waals surface area contributed by atoms with E-state index in [1.165, 1.54) is 0 Å². The molecular weight excluding hydrogens is 230 g/mol. The molecule has 18 heavy (non-hydrogen) atoms. The first-order valence-electron chi connectivity index (χ1n) is 6.10. The van der Waals surface area contributed by atoms with Crippen LogP contribution in [-0.4, -0.2) is 38.8 Å². The van der Waals surface area contributed by atoms with E-state index in [4.69, 9.17) is 10.5 Å². The predicted octanol–water partition coefficient (Wildman–Crippen LogP) is 0.853. The van der Waals surface area contributed by atoms with Crippen molar-refractivity contribution in [3.8, 4) is 0 Å². The molecule has 98 valence electrons. The number of carbonyl (C=O) groups excluding carboxylic acids is 1. The van der Waals surface area contributed by atoms with Gasteiger partial charge in [-0.2, -0.15) is 0 Å². The molecular formula is C13H19N3O2. The Labute approximate surface area is 107 Å². The number of nitrogens with one attached hydrogen (secondary N) is 1. The Kier molecular flexibility index (Phi) is 3.72. The molecule has 1 aromatic rings. The molecule has 1 aromatic carbocycles. The molecule has 0 spiro atoms. The van der Waals surface area contributed by atoms with E-state index in [2.05, 4.69) is 10.2 Å². The summed E-state index contributed by atoms with van der Waals surface area (Å²) in [5, 5.41) is 2.62. The Morgan fingerprint density at radius 1 is 1.56 bits per heavy atom. The lowest BCUT2D eigenvalue weighted by Crippen LogP contribution is -2.41. The van der Waals surface area contributed by atoms with Crippen LogP contribution in [0.3, 0.4) is 0 Å². The molecule has 1 heterocycles. The molecule has 1 aliphatic rings. The molecule has 1 amide bonds. The fourth-order valence-corrected chi connectivity index (χ4v) is 2.14. The van der Waals surface area contributed by atoms with Gasteiger partial charge in [-0.25, -0.2) is 0 Å². The van der Waals surface area contributed by atoms with Crippen LogP contribution in [0.5, 0.6) is 0 Å². The number of hydrogen-bond acceptors (Lipinski definition) is 4. The van der Waals surface area contributed by atoms with Crippen LogP contribution in [0.1, 0.15) is 17.3 Å². The highest BCUT2D eigenvalue weighted by molar-refractivity contribution is 5.96. The van der Waals surface area contributed by atoms with Gasteiger partial charge >= 0.3 is 0 Å². The number of ether oxygens (including phenoxy) is 1. The van der Waals surface area contributed by atoms with Gasteiger partial charge in [-0.05, 0) is 25.1 Å². The van der Waals surface area contributed by atoms with Crippen molar-refractivity contribution in [2.75, 3.05) is 37.4 Å². The average molecular weight is 249 g/mol. The third-order valence-corrected chi connectivity index (χ3v) is 3.10. The maximum absolute atomic E-state index is 11.6. The molecule has 1 aliphatic heterocycles. The van der Waals surface area contributed by atoms with E-state index >= 15 is 0 Å². The Hall–Kier alpha value is -1.75. The molecule has 2 rings (SSSR count). The highest BCUT2D eigenvalue weighted by Gasteiger charge is 2.19. The third kappa shape index (κ3) is 2.56. The fraction of sp³-hybridized carbons (Fsp3) is 0.462. The first kappa shape index (κ1) is 12.7. The van der Waals surface area contributed by atoms with Gasteiger partial charge in [0.2, 0.25) is 0 Å². The molecule has 1 fully saturated rings. The average Bonchev–Trinajstić information content (AvgIpc) is 2.38. The van der Waals surface area contributed by atoms with Crippen LogP contribution in [0, 0.1) is 0 Å². The largest absolute Gasteiger partial charge is 0.397 e. The zero-order valence-electron chi connectivity index (χ0n) is 10.8. The molecule has 3 N–H and O–H groups in total. The number of nitrogens with two attached hydrogens (primary N) is 1. The number of rotatable bonds is 2. The predicted molar refractivity (Wildman–Crippen MR) is 71.9 cm³/mol. The lowest BCUT2D eigenvalue weighted by atomic mass is 10.1. The van der Waals surface area contributed by atoms with Crippen LogP contribution >= 0.6 is 0 Å². The van der Waals surface area contributed by atoms with E-state index in [1.54, 1.807) is 19.2 Å². The molecule has 5 nitrogen and oxygen atoms in total. The third-order valence-electron chi connectivity index (χ3n) is 3.10. The van der Waals surface area contributed by atoms with Crippen molar-refractivity contribution < 1.29 is 9.53 Å². The van der Waals surface area contributed by atoms with Crippen LogP contribution in [0.4, 0.5) is 11.4 Å². The molecule has 5 heteroatoms. The summed E-state index contributed by atoms with van der Waals surface area (Å²) in [6.45, 7) is 4.31. The van der Waals surface area contributed by atoms with E-state index < -0.39 is 0 Å². The van der Waals surface area contributed by atoms with Gasteiger partial charge in [-0.3, -0.25) is 4.79 Å². The lowest BCUT2D eigenvalue weighted by Gasteiger charge is -2.33. The van der Waals surface area contributed by atoms with Gasteiger partial charge in [0.25, 0.3) is 5.91 Å². The highest BCUT2D eigenvalue weighted by Crippen LogP contribution is 2.26. The second-order valence-corrected chi connectivity index (χ2v) is 4.48. The van der Waals surface area contributed by atoms with Crippen molar-refractivity contribution in [3.05, 3.63) is 23.8 Å². The number of nitrogen functional groups attached to an aromatic ring is 1. The first-order valence-corrected chi connectivity index (χ1v) is 6.10. The Morgan fingerprint density at radius 3 is 3.00 bits per heavy atom. The zero-order chi connectivity index (χ0) is 13.1. The molecule has 0 bridgehead atoms. The molecule has 0 aromatic heterocycles. The number of hydrogen-bond donors (Lipinski definition) is 2. The van der Waals surface area contributed by atoms with E-state index in [0.717, 1.165) is 18.8 Å². The number of amides is 1. The van der Waals surface area contributed by atoms with Crippen LogP contribution in [0.2, 0.25) is 0 Å². The summed E-state index contributed by atoms with van der Waals surface area (Å²) < 4.78 is 5.51. The SMILES string of the molecule is CNC(=O)c1ccc(N)c(N2CCOC(C)C2)c1. The lowest BCUT2D eigenvalue weighted by molar-refractivity contribution is 0.0533. The second kappa shape index (κ2) is 5.27. The summed E-state index contributed by atoms with van der Waals surface area (Å²) in [6, 6.07) is 5.35. The number of anilines is 2. The summed E-state index contributed by atoms with van der Waals surface area (Å²) in [5.74, 6) is -0.0995. The maximum Gasteiger partial charge on any atom is 0.251 e. The fourth-order valence-electron chi connectivity index (χ4n) is 2.14. The summed E-state index contributed by atoms with van der Waals surface area (Å²) in [7, 11) is 1.62. The number of morpholine rings is 1. The summed E-state index contributed by atoms with van der Waals surface area (Å²) >= 11 is 0. The van der Waals surface area contributed by atoms with Gasteiger partial charge in [0.05, 0.1) is 24.1 Å².